The first-order valence-electron chi connectivity index (χ1n) is 6.66. The maximum absolute atomic E-state index is 8.97. The summed E-state index contributed by atoms with van der Waals surface area (Å²) in [7, 11) is 2.11. The molecule has 2 aromatic carbocycles. The average Bonchev–Trinajstić information content (AvgIpc) is 2.40. The minimum atomic E-state index is 0.207. The first kappa shape index (κ1) is 13.6. The lowest BCUT2D eigenvalue weighted by atomic mass is 10.1. The van der Waals surface area contributed by atoms with Crippen molar-refractivity contribution < 1.29 is 5.11 Å². The fourth-order valence-corrected chi connectivity index (χ4v) is 2.37. The molecule has 0 fully saturated rings. The highest BCUT2D eigenvalue weighted by molar-refractivity contribution is 5.54. The van der Waals surface area contributed by atoms with Crippen LogP contribution in [0.5, 0.6) is 0 Å². The Labute approximate surface area is 115 Å². The molecule has 19 heavy (non-hydrogen) atoms. The third kappa shape index (κ3) is 3.58. The Morgan fingerprint density at radius 2 is 1.74 bits per heavy atom. The van der Waals surface area contributed by atoms with E-state index in [-0.39, 0.29) is 6.61 Å². The van der Waals surface area contributed by atoms with Gasteiger partial charge in [0.2, 0.25) is 0 Å². The second kappa shape index (κ2) is 6.39. The first-order valence-corrected chi connectivity index (χ1v) is 6.66. The van der Waals surface area contributed by atoms with Gasteiger partial charge in [0.25, 0.3) is 0 Å². The number of benzene rings is 2. The lowest BCUT2D eigenvalue weighted by Gasteiger charge is -2.22. The lowest BCUT2D eigenvalue weighted by Crippen LogP contribution is -2.17. The fraction of sp³-hybridized carbons (Fsp3) is 0.294. The zero-order valence-electron chi connectivity index (χ0n) is 11.6. The van der Waals surface area contributed by atoms with E-state index in [0.717, 1.165) is 13.0 Å². The quantitative estimate of drug-likeness (QED) is 0.887. The second-order valence-corrected chi connectivity index (χ2v) is 4.94. The molecule has 2 aromatic rings. The summed E-state index contributed by atoms with van der Waals surface area (Å²) < 4.78 is 0. The minimum absolute atomic E-state index is 0.207. The predicted octanol–water partition coefficient (Wildman–Crippen LogP) is 3.17. The molecule has 0 atom stereocenters. The van der Waals surface area contributed by atoms with Gasteiger partial charge in [0.15, 0.2) is 0 Å². The number of rotatable bonds is 5. The van der Waals surface area contributed by atoms with Crippen molar-refractivity contribution in [1.29, 1.82) is 0 Å². The Morgan fingerprint density at radius 1 is 1.00 bits per heavy atom. The van der Waals surface area contributed by atoms with Crippen molar-refractivity contribution in [3.63, 3.8) is 0 Å². The van der Waals surface area contributed by atoms with E-state index in [1.54, 1.807) is 0 Å². The average molecular weight is 255 g/mol. The maximum atomic E-state index is 8.97. The van der Waals surface area contributed by atoms with Gasteiger partial charge in [-0.3, -0.25) is 0 Å². The van der Waals surface area contributed by atoms with Crippen LogP contribution in [0.2, 0.25) is 0 Å². The Kier molecular flexibility index (Phi) is 4.58. The van der Waals surface area contributed by atoms with Crippen LogP contribution in [-0.4, -0.2) is 18.8 Å². The molecule has 0 aromatic heterocycles. The minimum Gasteiger partial charge on any atom is -0.396 e. The van der Waals surface area contributed by atoms with Crippen LogP contribution in [0.3, 0.4) is 0 Å². The Morgan fingerprint density at radius 3 is 2.37 bits per heavy atom. The van der Waals surface area contributed by atoms with Crippen LogP contribution < -0.4 is 4.90 Å². The zero-order chi connectivity index (χ0) is 13.7. The third-order valence-electron chi connectivity index (χ3n) is 3.34. The molecule has 0 bridgehead atoms. The zero-order valence-corrected chi connectivity index (χ0v) is 11.6. The molecule has 0 radical (unpaired) electrons. The normalized spacial score (nSPS) is 10.5. The molecule has 2 rings (SSSR count). The summed E-state index contributed by atoms with van der Waals surface area (Å²) >= 11 is 0. The molecule has 2 heteroatoms. The number of hydrogen-bond donors (Lipinski definition) is 1. The molecule has 2 nitrogen and oxygen atoms in total. The maximum Gasteiger partial charge on any atom is 0.0471 e. The van der Waals surface area contributed by atoms with Gasteiger partial charge in [-0.1, -0.05) is 42.5 Å². The molecule has 0 saturated carbocycles. The monoisotopic (exact) mass is 255 g/mol. The van der Waals surface area contributed by atoms with Crippen molar-refractivity contribution in [2.45, 2.75) is 19.9 Å². The SMILES string of the molecule is Cc1cc(CCO)ccc1N(C)Cc1ccccc1. The van der Waals surface area contributed by atoms with Gasteiger partial charge in [0, 0.05) is 25.9 Å². The summed E-state index contributed by atoms with van der Waals surface area (Å²) in [6.45, 7) is 3.23. The summed E-state index contributed by atoms with van der Waals surface area (Å²) in [5, 5.41) is 8.97. The predicted molar refractivity (Wildman–Crippen MR) is 80.5 cm³/mol. The van der Waals surface area contributed by atoms with Crippen molar-refractivity contribution in [2.75, 3.05) is 18.6 Å². The number of anilines is 1. The summed E-state index contributed by atoms with van der Waals surface area (Å²) in [5.41, 5.74) is 5.00. The van der Waals surface area contributed by atoms with E-state index in [0.29, 0.717) is 0 Å². The van der Waals surface area contributed by atoms with E-state index < -0.39 is 0 Å². The smallest absolute Gasteiger partial charge is 0.0471 e. The number of aliphatic hydroxyl groups is 1. The second-order valence-electron chi connectivity index (χ2n) is 4.94. The molecule has 0 aliphatic heterocycles. The number of aryl methyl sites for hydroxylation is 1. The molecule has 0 aliphatic carbocycles. The van der Waals surface area contributed by atoms with Gasteiger partial charge in [-0.05, 0) is 36.1 Å². The van der Waals surface area contributed by atoms with Crippen LogP contribution in [0.1, 0.15) is 16.7 Å². The largest absolute Gasteiger partial charge is 0.396 e. The molecular formula is C17H21NO. The number of nitrogens with zero attached hydrogens (tertiary/aromatic N) is 1. The van der Waals surface area contributed by atoms with Crippen molar-refractivity contribution in [3.8, 4) is 0 Å². The van der Waals surface area contributed by atoms with Crippen molar-refractivity contribution in [3.05, 3.63) is 65.2 Å². The van der Waals surface area contributed by atoms with Gasteiger partial charge in [0.05, 0.1) is 0 Å². The first-order chi connectivity index (χ1) is 9.20. The van der Waals surface area contributed by atoms with Gasteiger partial charge >= 0.3 is 0 Å². The van der Waals surface area contributed by atoms with Crippen LogP contribution in [0.15, 0.2) is 48.5 Å². The highest BCUT2D eigenvalue weighted by atomic mass is 16.2. The molecule has 1 N–H and O–H groups in total. The van der Waals surface area contributed by atoms with E-state index in [1.165, 1.54) is 22.4 Å². The summed E-state index contributed by atoms with van der Waals surface area (Å²) in [6, 6.07) is 16.9. The van der Waals surface area contributed by atoms with E-state index in [4.69, 9.17) is 5.11 Å². The van der Waals surface area contributed by atoms with Crippen molar-refractivity contribution >= 4 is 5.69 Å². The molecule has 0 heterocycles. The van der Waals surface area contributed by atoms with E-state index in [9.17, 15) is 0 Å². The lowest BCUT2D eigenvalue weighted by molar-refractivity contribution is 0.299. The summed E-state index contributed by atoms with van der Waals surface area (Å²) in [6.07, 6.45) is 0.726. The van der Waals surface area contributed by atoms with Gasteiger partial charge in [0.1, 0.15) is 0 Å². The Bertz CT molecular complexity index is 522. The van der Waals surface area contributed by atoms with Gasteiger partial charge < -0.3 is 10.0 Å². The van der Waals surface area contributed by atoms with E-state index in [2.05, 4.69) is 61.3 Å². The Balaban J connectivity index is 2.13. The molecule has 0 aliphatic rings. The van der Waals surface area contributed by atoms with E-state index >= 15 is 0 Å². The highest BCUT2D eigenvalue weighted by Crippen LogP contribution is 2.22. The number of aliphatic hydroxyl groups excluding tert-OH is 1. The topological polar surface area (TPSA) is 23.5 Å². The van der Waals surface area contributed by atoms with Gasteiger partial charge in [-0.25, -0.2) is 0 Å². The third-order valence-corrected chi connectivity index (χ3v) is 3.34. The highest BCUT2D eigenvalue weighted by Gasteiger charge is 2.06. The summed E-state index contributed by atoms with van der Waals surface area (Å²) in [4.78, 5) is 2.26. The molecule has 100 valence electrons. The van der Waals surface area contributed by atoms with Crippen molar-refractivity contribution in [2.24, 2.45) is 0 Å². The Hall–Kier alpha value is -1.80. The van der Waals surface area contributed by atoms with Gasteiger partial charge in [-0.15, -0.1) is 0 Å². The molecule has 0 amide bonds. The van der Waals surface area contributed by atoms with Crippen LogP contribution in [0, 0.1) is 6.92 Å². The van der Waals surface area contributed by atoms with Crippen LogP contribution in [0.25, 0.3) is 0 Å². The summed E-state index contributed by atoms with van der Waals surface area (Å²) in [5.74, 6) is 0. The molecule has 0 unspecified atom stereocenters. The standard InChI is InChI=1S/C17H21NO/c1-14-12-15(10-11-19)8-9-17(14)18(2)13-16-6-4-3-5-7-16/h3-9,12,19H,10-11,13H2,1-2H3. The van der Waals surface area contributed by atoms with Crippen LogP contribution >= 0.6 is 0 Å². The molecule has 0 spiro atoms. The molecular weight excluding hydrogens is 234 g/mol. The van der Waals surface area contributed by atoms with E-state index in [1.807, 2.05) is 6.07 Å². The molecule has 0 saturated heterocycles. The van der Waals surface area contributed by atoms with Crippen LogP contribution in [-0.2, 0) is 13.0 Å². The fourth-order valence-electron chi connectivity index (χ4n) is 2.37. The number of hydrogen-bond acceptors (Lipinski definition) is 2. The van der Waals surface area contributed by atoms with Crippen LogP contribution in [0.4, 0.5) is 5.69 Å². The van der Waals surface area contributed by atoms with Gasteiger partial charge in [-0.2, -0.15) is 0 Å². The van der Waals surface area contributed by atoms with Crippen molar-refractivity contribution in [1.82, 2.24) is 0 Å².